The van der Waals surface area contributed by atoms with Crippen LogP contribution in [0.15, 0.2) is 17.3 Å². The molecule has 0 saturated carbocycles. The number of hydrogen-bond donors (Lipinski definition) is 1. The van der Waals surface area contributed by atoms with Gasteiger partial charge in [0.05, 0.1) is 5.56 Å². The quantitative estimate of drug-likeness (QED) is 0.677. The number of nitrogens with one attached hydrogen (secondary N) is 1. The molecule has 0 fully saturated rings. The highest BCUT2D eigenvalue weighted by Gasteiger charge is 2.21. The van der Waals surface area contributed by atoms with E-state index >= 15 is 0 Å². The lowest BCUT2D eigenvalue weighted by Gasteiger charge is -1.99. The zero-order chi connectivity index (χ0) is 13.5. The fourth-order valence-corrected chi connectivity index (χ4v) is 1.73. The van der Waals surface area contributed by atoms with Crippen molar-refractivity contribution in [1.29, 1.82) is 0 Å². The monoisotopic (exact) mass is 297 g/mol. The first kappa shape index (κ1) is 12.8. The van der Waals surface area contributed by atoms with Gasteiger partial charge in [-0.3, -0.25) is 0 Å². The second-order valence-corrected chi connectivity index (χ2v) is 5.61. The summed E-state index contributed by atoms with van der Waals surface area (Å²) in [6.07, 6.45) is 0. The molecule has 96 valence electrons. The van der Waals surface area contributed by atoms with Crippen LogP contribution < -0.4 is 0 Å². The molecule has 1 heterocycles. The third kappa shape index (κ3) is 2.18. The van der Waals surface area contributed by atoms with Gasteiger partial charge in [-0.2, -0.15) is 10.1 Å². The molecule has 0 spiro atoms. The van der Waals surface area contributed by atoms with E-state index in [1.807, 2.05) is 5.10 Å². The molecule has 1 aromatic heterocycles. The van der Waals surface area contributed by atoms with E-state index in [9.17, 15) is 21.6 Å². The van der Waals surface area contributed by atoms with Crippen molar-refractivity contribution in [2.75, 3.05) is 0 Å². The van der Waals surface area contributed by atoms with Crippen LogP contribution in [0.4, 0.5) is 13.2 Å². The first-order chi connectivity index (χ1) is 8.30. The molecule has 5 nitrogen and oxygen atoms in total. The highest BCUT2D eigenvalue weighted by atomic mass is 35.7. The van der Waals surface area contributed by atoms with Crippen LogP contribution in [-0.4, -0.2) is 23.6 Å². The summed E-state index contributed by atoms with van der Waals surface area (Å²) in [5.41, 5.74) is -0.489. The van der Waals surface area contributed by atoms with Crippen molar-refractivity contribution in [2.24, 2.45) is 0 Å². The average Bonchev–Trinajstić information content (AvgIpc) is 2.75. The lowest BCUT2D eigenvalue weighted by atomic mass is 10.2. The Morgan fingerprint density at radius 2 is 1.83 bits per heavy atom. The molecular weight excluding hydrogens is 295 g/mol. The Kier molecular flexibility index (Phi) is 3.03. The fraction of sp³-hybridized carbons (Fsp3) is 0. The maximum Gasteiger partial charge on any atom is 0.296 e. The molecular formula is C8H3ClF3N3O2S. The van der Waals surface area contributed by atoms with Crippen molar-refractivity contribution >= 4 is 19.7 Å². The Morgan fingerprint density at radius 1 is 1.17 bits per heavy atom. The summed E-state index contributed by atoms with van der Waals surface area (Å²) in [4.78, 5) is 3.37. The molecule has 1 aromatic carbocycles. The van der Waals surface area contributed by atoms with Gasteiger partial charge in [-0.05, 0) is 12.1 Å². The molecule has 10 heteroatoms. The predicted octanol–water partition coefficient (Wildman–Crippen LogP) is 1.82. The minimum atomic E-state index is -4.17. The van der Waals surface area contributed by atoms with Gasteiger partial charge in [-0.1, -0.05) is 0 Å². The van der Waals surface area contributed by atoms with E-state index in [0.717, 1.165) is 6.07 Å². The molecule has 0 unspecified atom stereocenters. The van der Waals surface area contributed by atoms with E-state index in [-0.39, 0.29) is 0 Å². The lowest BCUT2D eigenvalue weighted by Crippen LogP contribution is -1.96. The Bertz CT molecular complexity index is 716. The SMILES string of the molecule is O=S(=O)(Cl)c1nc(-c2ccc(F)c(F)c2F)n[nH]1. The summed E-state index contributed by atoms with van der Waals surface area (Å²) < 4.78 is 60.8. The minimum Gasteiger partial charge on any atom is -0.248 e. The van der Waals surface area contributed by atoms with Crippen molar-refractivity contribution in [1.82, 2.24) is 15.2 Å². The zero-order valence-electron chi connectivity index (χ0n) is 8.29. The van der Waals surface area contributed by atoms with Gasteiger partial charge in [-0.25, -0.2) is 26.7 Å². The smallest absolute Gasteiger partial charge is 0.248 e. The third-order valence-corrected chi connectivity index (χ3v) is 3.05. The van der Waals surface area contributed by atoms with E-state index < -0.39 is 43.0 Å². The summed E-state index contributed by atoms with van der Waals surface area (Å²) in [5, 5.41) is 4.58. The Labute approximate surface area is 103 Å². The molecule has 0 amide bonds. The molecule has 2 rings (SSSR count). The number of aromatic nitrogens is 3. The van der Waals surface area contributed by atoms with E-state index in [0.29, 0.717) is 6.07 Å². The summed E-state index contributed by atoms with van der Waals surface area (Å²) in [5.74, 6) is -5.05. The Hall–Kier alpha value is -1.61. The van der Waals surface area contributed by atoms with Crippen LogP contribution in [0.1, 0.15) is 0 Å². The maximum absolute atomic E-state index is 13.4. The van der Waals surface area contributed by atoms with Crippen LogP contribution in [0, 0.1) is 17.5 Å². The van der Waals surface area contributed by atoms with Gasteiger partial charge in [0, 0.05) is 10.7 Å². The number of benzene rings is 1. The van der Waals surface area contributed by atoms with Gasteiger partial charge in [0.25, 0.3) is 14.2 Å². The fourth-order valence-electron chi connectivity index (χ4n) is 1.18. The number of hydrogen-bond acceptors (Lipinski definition) is 4. The molecule has 0 aliphatic carbocycles. The van der Waals surface area contributed by atoms with E-state index in [2.05, 4.69) is 10.1 Å². The van der Waals surface area contributed by atoms with Gasteiger partial charge in [-0.15, -0.1) is 0 Å². The maximum atomic E-state index is 13.4. The van der Waals surface area contributed by atoms with Gasteiger partial charge < -0.3 is 0 Å². The van der Waals surface area contributed by atoms with Crippen LogP contribution in [0.5, 0.6) is 0 Å². The predicted molar refractivity (Wildman–Crippen MR) is 54.7 cm³/mol. The molecule has 0 atom stereocenters. The lowest BCUT2D eigenvalue weighted by molar-refractivity contribution is 0.448. The summed E-state index contributed by atoms with van der Waals surface area (Å²) in [7, 11) is 0.798. The minimum absolute atomic E-state index is 0.453. The van der Waals surface area contributed by atoms with Crippen LogP contribution in [0.3, 0.4) is 0 Å². The van der Waals surface area contributed by atoms with Gasteiger partial charge in [0.1, 0.15) is 0 Å². The van der Waals surface area contributed by atoms with Crippen molar-refractivity contribution in [3.8, 4) is 11.4 Å². The van der Waals surface area contributed by atoms with Crippen LogP contribution in [0.2, 0.25) is 0 Å². The van der Waals surface area contributed by atoms with Crippen molar-refractivity contribution in [3.63, 3.8) is 0 Å². The molecule has 0 aliphatic rings. The van der Waals surface area contributed by atoms with Crippen molar-refractivity contribution < 1.29 is 21.6 Å². The van der Waals surface area contributed by atoms with Crippen LogP contribution in [-0.2, 0) is 9.05 Å². The largest absolute Gasteiger partial charge is 0.296 e. The highest BCUT2D eigenvalue weighted by molar-refractivity contribution is 8.13. The summed E-state index contributed by atoms with van der Waals surface area (Å²) >= 11 is 0. The van der Waals surface area contributed by atoms with Gasteiger partial charge >= 0.3 is 0 Å². The summed E-state index contributed by atoms with van der Waals surface area (Å²) in [6, 6.07) is 1.54. The van der Waals surface area contributed by atoms with Gasteiger partial charge in [0.2, 0.25) is 0 Å². The molecule has 1 N–H and O–H groups in total. The zero-order valence-corrected chi connectivity index (χ0v) is 9.86. The Morgan fingerprint density at radius 3 is 2.39 bits per heavy atom. The number of nitrogens with zero attached hydrogens (tertiary/aromatic N) is 2. The van der Waals surface area contributed by atoms with E-state index in [4.69, 9.17) is 10.7 Å². The second-order valence-electron chi connectivity index (χ2n) is 3.12. The third-order valence-electron chi connectivity index (χ3n) is 1.97. The second kappa shape index (κ2) is 4.25. The summed E-state index contributed by atoms with van der Waals surface area (Å²) in [6.45, 7) is 0. The highest BCUT2D eigenvalue weighted by Crippen LogP contribution is 2.24. The number of rotatable bonds is 2. The molecule has 0 aliphatic heterocycles. The number of halogens is 4. The van der Waals surface area contributed by atoms with E-state index in [1.54, 1.807) is 0 Å². The number of aromatic amines is 1. The topological polar surface area (TPSA) is 75.7 Å². The van der Waals surface area contributed by atoms with Crippen molar-refractivity contribution in [3.05, 3.63) is 29.6 Å². The first-order valence-electron chi connectivity index (χ1n) is 4.31. The normalized spacial score (nSPS) is 11.8. The van der Waals surface area contributed by atoms with Crippen molar-refractivity contribution in [2.45, 2.75) is 5.16 Å². The molecule has 0 radical (unpaired) electrons. The average molecular weight is 298 g/mol. The standard InChI is InChI=1S/C8H3ClF3N3O2S/c9-18(16,17)8-13-7(14-15-8)3-1-2-4(10)6(12)5(3)11/h1-2H,(H,13,14,15). The Balaban J connectivity index is 2.57. The first-order valence-corrected chi connectivity index (χ1v) is 6.62. The molecule has 0 bridgehead atoms. The van der Waals surface area contributed by atoms with E-state index in [1.165, 1.54) is 0 Å². The van der Waals surface area contributed by atoms with Crippen LogP contribution in [0.25, 0.3) is 11.4 Å². The number of H-pyrrole nitrogens is 1. The molecule has 2 aromatic rings. The molecule has 0 saturated heterocycles. The molecule has 18 heavy (non-hydrogen) atoms. The van der Waals surface area contributed by atoms with Gasteiger partial charge in [0.15, 0.2) is 23.3 Å². The van der Waals surface area contributed by atoms with Crippen LogP contribution >= 0.6 is 10.7 Å².